The van der Waals surface area contributed by atoms with E-state index in [4.69, 9.17) is 11.6 Å². The zero-order valence-corrected chi connectivity index (χ0v) is 15.7. The van der Waals surface area contributed by atoms with E-state index in [9.17, 15) is 4.79 Å². The van der Waals surface area contributed by atoms with Gasteiger partial charge in [-0.15, -0.1) is 0 Å². The van der Waals surface area contributed by atoms with Crippen molar-refractivity contribution in [3.63, 3.8) is 0 Å². The number of halogens is 1. The van der Waals surface area contributed by atoms with Gasteiger partial charge in [0, 0.05) is 43.8 Å². The van der Waals surface area contributed by atoms with E-state index in [0.29, 0.717) is 17.1 Å². The maximum absolute atomic E-state index is 12.9. The van der Waals surface area contributed by atoms with Gasteiger partial charge in [0.15, 0.2) is 0 Å². The molecule has 0 unspecified atom stereocenters. The zero-order valence-electron chi connectivity index (χ0n) is 15.0. The highest BCUT2D eigenvalue weighted by molar-refractivity contribution is 6.33. The number of nitrogens with zero attached hydrogens (tertiary/aromatic N) is 4. The molecule has 1 amide bonds. The topological polar surface area (TPSA) is 51.0 Å². The lowest BCUT2D eigenvalue weighted by molar-refractivity contribution is 0.0703. The smallest absolute Gasteiger partial charge is 0.255 e. The number of hydrogen-bond donors (Lipinski definition) is 0. The number of pyridine rings is 1. The van der Waals surface area contributed by atoms with Crippen LogP contribution in [-0.4, -0.2) is 38.4 Å². The summed E-state index contributed by atoms with van der Waals surface area (Å²) in [5.74, 6) is 1.24. The monoisotopic (exact) mass is 380 g/mol. The third kappa shape index (κ3) is 3.88. The van der Waals surface area contributed by atoms with Crippen molar-refractivity contribution >= 4 is 17.5 Å². The molecule has 1 aliphatic heterocycles. The van der Waals surface area contributed by atoms with Crippen LogP contribution < -0.4 is 0 Å². The van der Waals surface area contributed by atoms with Crippen LogP contribution in [0.15, 0.2) is 61.2 Å². The van der Waals surface area contributed by atoms with Crippen molar-refractivity contribution in [2.24, 2.45) is 0 Å². The van der Waals surface area contributed by atoms with Crippen LogP contribution >= 0.6 is 11.6 Å². The molecular formula is C21H21ClN4O. The van der Waals surface area contributed by atoms with Gasteiger partial charge in [-0.2, -0.15) is 0 Å². The summed E-state index contributed by atoms with van der Waals surface area (Å²) in [5, 5.41) is 0.503. The highest BCUT2D eigenvalue weighted by atomic mass is 35.5. The van der Waals surface area contributed by atoms with Crippen LogP contribution in [0.5, 0.6) is 0 Å². The maximum atomic E-state index is 12.9. The summed E-state index contributed by atoms with van der Waals surface area (Å²) in [7, 11) is 0. The third-order valence-corrected chi connectivity index (χ3v) is 5.33. The number of aromatic nitrogens is 3. The van der Waals surface area contributed by atoms with Crippen molar-refractivity contribution < 1.29 is 4.79 Å². The molecule has 0 aliphatic carbocycles. The van der Waals surface area contributed by atoms with E-state index in [0.717, 1.165) is 37.3 Å². The van der Waals surface area contributed by atoms with Crippen molar-refractivity contribution in [1.29, 1.82) is 0 Å². The van der Waals surface area contributed by atoms with Crippen LogP contribution in [0.4, 0.5) is 0 Å². The lowest BCUT2D eigenvalue weighted by Gasteiger charge is -2.33. The van der Waals surface area contributed by atoms with E-state index in [1.165, 1.54) is 0 Å². The summed E-state index contributed by atoms with van der Waals surface area (Å²) < 4.78 is 2.16. The summed E-state index contributed by atoms with van der Waals surface area (Å²) in [4.78, 5) is 23.6. The normalized spacial score (nSPS) is 17.1. The molecule has 2 aromatic heterocycles. The van der Waals surface area contributed by atoms with Gasteiger partial charge in [0.1, 0.15) is 5.82 Å². The van der Waals surface area contributed by atoms with Gasteiger partial charge in [0.05, 0.1) is 17.1 Å². The fourth-order valence-corrected chi connectivity index (χ4v) is 3.90. The SMILES string of the molecule is O=C(c1ccccc1Cl)N1CCC[C@@H](c2nccn2Cc2cccnc2)C1. The van der Waals surface area contributed by atoms with Crippen LogP contribution in [0.2, 0.25) is 5.02 Å². The Hall–Kier alpha value is -2.66. The summed E-state index contributed by atoms with van der Waals surface area (Å²) >= 11 is 6.22. The molecule has 0 bridgehead atoms. The van der Waals surface area contributed by atoms with Gasteiger partial charge >= 0.3 is 0 Å². The fourth-order valence-electron chi connectivity index (χ4n) is 3.68. The first kappa shape index (κ1) is 17.7. The van der Waals surface area contributed by atoms with Crippen molar-refractivity contribution in [3.05, 3.63) is 83.2 Å². The van der Waals surface area contributed by atoms with Crippen molar-refractivity contribution in [1.82, 2.24) is 19.4 Å². The summed E-state index contributed by atoms with van der Waals surface area (Å²) in [6.07, 6.45) is 9.46. The molecule has 6 heteroatoms. The van der Waals surface area contributed by atoms with E-state index >= 15 is 0 Å². The van der Waals surface area contributed by atoms with Gasteiger partial charge in [-0.3, -0.25) is 9.78 Å². The van der Waals surface area contributed by atoms with Crippen LogP contribution in [-0.2, 0) is 6.54 Å². The molecule has 5 nitrogen and oxygen atoms in total. The second-order valence-electron chi connectivity index (χ2n) is 6.84. The second kappa shape index (κ2) is 7.92. The molecule has 138 valence electrons. The Bertz CT molecular complexity index is 925. The number of amides is 1. The van der Waals surface area contributed by atoms with E-state index in [1.807, 2.05) is 41.7 Å². The predicted molar refractivity (Wildman–Crippen MR) is 105 cm³/mol. The Morgan fingerprint density at radius 2 is 2.07 bits per heavy atom. The van der Waals surface area contributed by atoms with E-state index in [-0.39, 0.29) is 11.8 Å². The number of likely N-dealkylation sites (tertiary alicyclic amines) is 1. The van der Waals surface area contributed by atoms with Crippen LogP contribution in [0.25, 0.3) is 0 Å². The summed E-state index contributed by atoms with van der Waals surface area (Å²) in [5.41, 5.74) is 1.70. The molecule has 0 radical (unpaired) electrons. The van der Waals surface area contributed by atoms with Gasteiger partial charge in [-0.25, -0.2) is 4.98 Å². The molecule has 1 aliphatic rings. The van der Waals surface area contributed by atoms with Gasteiger partial charge in [-0.05, 0) is 36.6 Å². The Morgan fingerprint density at radius 1 is 1.19 bits per heavy atom. The first-order chi connectivity index (χ1) is 13.2. The molecule has 1 atom stereocenters. The largest absolute Gasteiger partial charge is 0.338 e. The van der Waals surface area contributed by atoms with E-state index in [2.05, 4.69) is 20.6 Å². The first-order valence-electron chi connectivity index (χ1n) is 9.16. The molecule has 0 saturated carbocycles. The minimum atomic E-state index is -0.00401. The molecule has 27 heavy (non-hydrogen) atoms. The number of rotatable bonds is 4. The van der Waals surface area contributed by atoms with E-state index in [1.54, 1.807) is 18.3 Å². The predicted octanol–water partition coefficient (Wildman–Crippen LogP) is 4.00. The van der Waals surface area contributed by atoms with Crippen LogP contribution in [0.3, 0.4) is 0 Å². The zero-order chi connectivity index (χ0) is 18.6. The molecular weight excluding hydrogens is 360 g/mol. The lowest BCUT2D eigenvalue weighted by atomic mass is 9.96. The van der Waals surface area contributed by atoms with Crippen molar-refractivity contribution in [2.45, 2.75) is 25.3 Å². The number of piperidine rings is 1. The fraction of sp³-hybridized carbons (Fsp3) is 0.286. The lowest BCUT2D eigenvalue weighted by Crippen LogP contribution is -2.39. The highest BCUT2D eigenvalue weighted by Crippen LogP contribution is 2.28. The number of benzene rings is 1. The van der Waals surface area contributed by atoms with E-state index < -0.39 is 0 Å². The Morgan fingerprint density at radius 3 is 2.89 bits per heavy atom. The molecule has 3 heterocycles. The van der Waals surface area contributed by atoms with Gasteiger partial charge in [0.2, 0.25) is 0 Å². The number of imidazole rings is 1. The summed E-state index contributed by atoms with van der Waals surface area (Å²) in [6, 6.07) is 11.2. The Kier molecular flexibility index (Phi) is 5.21. The molecule has 0 spiro atoms. The van der Waals surface area contributed by atoms with Crippen LogP contribution in [0.1, 0.15) is 40.5 Å². The second-order valence-corrected chi connectivity index (χ2v) is 7.25. The van der Waals surface area contributed by atoms with Crippen molar-refractivity contribution in [3.8, 4) is 0 Å². The average molecular weight is 381 g/mol. The average Bonchev–Trinajstić information content (AvgIpc) is 3.17. The van der Waals surface area contributed by atoms with Gasteiger partial charge in [0.25, 0.3) is 5.91 Å². The minimum Gasteiger partial charge on any atom is -0.338 e. The Balaban J connectivity index is 1.52. The molecule has 1 saturated heterocycles. The number of carbonyl (C=O) groups excluding carboxylic acids is 1. The van der Waals surface area contributed by atoms with Crippen LogP contribution in [0, 0.1) is 0 Å². The molecule has 4 rings (SSSR count). The molecule has 1 aromatic carbocycles. The standard InChI is InChI=1S/C21H21ClN4O/c22-19-8-2-1-7-18(19)21(27)26-11-4-6-17(15-26)20-24-10-12-25(20)14-16-5-3-9-23-13-16/h1-3,5,7-10,12-13,17H,4,6,11,14-15H2/t17-/m1/s1. The first-order valence-corrected chi connectivity index (χ1v) is 9.54. The maximum Gasteiger partial charge on any atom is 0.255 e. The minimum absolute atomic E-state index is 0.00401. The highest BCUT2D eigenvalue weighted by Gasteiger charge is 2.28. The summed E-state index contributed by atoms with van der Waals surface area (Å²) in [6.45, 7) is 2.15. The molecule has 1 fully saturated rings. The quantitative estimate of drug-likeness (QED) is 0.687. The number of hydrogen-bond acceptors (Lipinski definition) is 3. The molecule has 0 N–H and O–H groups in total. The van der Waals surface area contributed by atoms with Crippen molar-refractivity contribution in [2.75, 3.05) is 13.1 Å². The van der Waals surface area contributed by atoms with Gasteiger partial charge in [-0.1, -0.05) is 29.8 Å². The third-order valence-electron chi connectivity index (χ3n) is 5.00. The number of carbonyl (C=O) groups is 1. The molecule has 3 aromatic rings. The Labute approximate surface area is 163 Å². The van der Waals surface area contributed by atoms with Gasteiger partial charge < -0.3 is 9.47 Å².